The van der Waals surface area contributed by atoms with Crippen molar-refractivity contribution in [3.63, 3.8) is 0 Å². The molecule has 1 amide bonds. The van der Waals surface area contributed by atoms with Crippen LogP contribution in [0, 0.1) is 29.5 Å². The van der Waals surface area contributed by atoms with Gasteiger partial charge in [-0.05, 0) is 24.1 Å². The van der Waals surface area contributed by atoms with Crippen LogP contribution in [0.1, 0.15) is 26.3 Å². The summed E-state index contributed by atoms with van der Waals surface area (Å²) in [5.74, 6) is 4.75. The highest BCUT2D eigenvalue weighted by atomic mass is 19.1. The highest BCUT2D eigenvalue weighted by molar-refractivity contribution is 5.92. The van der Waals surface area contributed by atoms with Gasteiger partial charge in [0.15, 0.2) is 0 Å². The minimum atomic E-state index is -0.492. The molecule has 3 N–H and O–H groups in total. The van der Waals surface area contributed by atoms with Crippen molar-refractivity contribution in [2.45, 2.75) is 20.8 Å². The van der Waals surface area contributed by atoms with Gasteiger partial charge in [-0.2, -0.15) is 0 Å². The Morgan fingerprint density at radius 1 is 1.42 bits per heavy atom. The number of nitrogens with one attached hydrogen (secondary N) is 1. The minimum Gasteiger partial charge on any atom is -0.323 e. The largest absolute Gasteiger partial charge is 0.323 e. The Hall–Kier alpha value is -1.86. The Morgan fingerprint density at radius 2 is 2.11 bits per heavy atom. The third-order valence-electron chi connectivity index (χ3n) is 2.98. The zero-order valence-corrected chi connectivity index (χ0v) is 11.5. The lowest BCUT2D eigenvalue weighted by atomic mass is 9.97. The Balaban J connectivity index is 2.83. The minimum absolute atomic E-state index is 0.170. The lowest BCUT2D eigenvalue weighted by Crippen LogP contribution is -2.24. The number of carbonyl (C=O) groups is 1. The van der Waals surface area contributed by atoms with Crippen molar-refractivity contribution in [2.24, 2.45) is 17.6 Å². The summed E-state index contributed by atoms with van der Waals surface area (Å²) in [6.07, 6.45) is 0. The Labute approximate surface area is 113 Å². The second-order valence-electron chi connectivity index (χ2n) is 4.72. The van der Waals surface area contributed by atoms with E-state index in [2.05, 4.69) is 17.2 Å². The first-order chi connectivity index (χ1) is 8.95. The highest BCUT2D eigenvalue weighted by Crippen LogP contribution is 2.18. The van der Waals surface area contributed by atoms with Crippen LogP contribution in [0.15, 0.2) is 18.2 Å². The average Bonchev–Trinajstić information content (AvgIpc) is 2.37. The maximum Gasteiger partial charge on any atom is 0.227 e. The molecule has 0 saturated heterocycles. The molecule has 0 aliphatic rings. The number of benzene rings is 1. The third-order valence-corrected chi connectivity index (χ3v) is 2.98. The van der Waals surface area contributed by atoms with Crippen LogP contribution in [0.4, 0.5) is 10.1 Å². The van der Waals surface area contributed by atoms with Gasteiger partial charge in [0.05, 0.1) is 12.2 Å². The molecular weight excluding hydrogens is 243 g/mol. The maximum atomic E-state index is 13.8. The fraction of sp³-hybridized carbons (Fsp3) is 0.400. The Bertz CT molecular complexity index is 515. The molecule has 1 atom stereocenters. The second kappa shape index (κ2) is 6.91. The first-order valence-electron chi connectivity index (χ1n) is 6.25. The van der Waals surface area contributed by atoms with Crippen LogP contribution in [0.25, 0.3) is 0 Å². The van der Waals surface area contributed by atoms with Gasteiger partial charge in [0.2, 0.25) is 5.91 Å². The number of hydrogen-bond donors (Lipinski definition) is 2. The first-order valence-corrected chi connectivity index (χ1v) is 6.25. The SMILES string of the molecule is CC(C)C(C)C(=O)Nc1ccc(C#CCN)cc1F. The van der Waals surface area contributed by atoms with Gasteiger partial charge in [0.1, 0.15) is 5.82 Å². The van der Waals surface area contributed by atoms with Crippen molar-refractivity contribution < 1.29 is 9.18 Å². The smallest absolute Gasteiger partial charge is 0.227 e. The summed E-state index contributed by atoms with van der Waals surface area (Å²) in [6.45, 7) is 5.95. The molecule has 0 spiro atoms. The molecule has 0 aromatic heterocycles. The molecule has 3 nitrogen and oxygen atoms in total. The molecule has 0 heterocycles. The fourth-order valence-electron chi connectivity index (χ4n) is 1.40. The lowest BCUT2D eigenvalue weighted by molar-refractivity contribution is -0.120. The highest BCUT2D eigenvalue weighted by Gasteiger charge is 2.17. The van der Waals surface area contributed by atoms with Crippen molar-refractivity contribution in [2.75, 3.05) is 11.9 Å². The van der Waals surface area contributed by atoms with Gasteiger partial charge < -0.3 is 11.1 Å². The van der Waals surface area contributed by atoms with Crippen molar-refractivity contribution >= 4 is 11.6 Å². The van der Waals surface area contributed by atoms with Crippen molar-refractivity contribution in [1.82, 2.24) is 0 Å². The molecule has 102 valence electrons. The summed E-state index contributed by atoms with van der Waals surface area (Å²) in [5.41, 5.74) is 5.96. The predicted molar refractivity (Wildman–Crippen MR) is 75.0 cm³/mol. The summed E-state index contributed by atoms with van der Waals surface area (Å²) in [6, 6.07) is 4.46. The molecular formula is C15H19FN2O. The van der Waals surface area contributed by atoms with Crippen LogP contribution >= 0.6 is 0 Å². The zero-order chi connectivity index (χ0) is 14.4. The van der Waals surface area contributed by atoms with E-state index in [-0.39, 0.29) is 30.0 Å². The van der Waals surface area contributed by atoms with Gasteiger partial charge in [-0.3, -0.25) is 4.79 Å². The van der Waals surface area contributed by atoms with Gasteiger partial charge in [0.25, 0.3) is 0 Å². The van der Waals surface area contributed by atoms with Crippen molar-refractivity contribution in [1.29, 1.82) is 0 Å². The summed E-state index contributed by atoms with van der Waals surface area (Å²) < 4.78 is 13.8. The van der Waals surface area contributed by atoms with Crippen LogP contribution in [0.5, 0.6) is 0 Å². The van der Waals surface area contributed by atoms with Gasteiger partial charge in [-0.15, -0.1) is 0 Å². The molecule has 0 fully saturated rings. The molecule has 1 unspecified atom stereocenters. The van der Waals surface area contributed by atoms with Gasteiger partial charge in [0, 0.05) is 11.5 Å². The van der Waals surface area contributed by atoms with E-state index in [1.807, 2.05) is 20.8 Å². The number of hydrogen-bond acceptors (Lipinski definition) is 2. The average molecular weight is 262 g/mol. The van der Waals surface area contributed by atoms with E-state index in [0.717, 1.165) is 0 Å². The zero-order valence-electron chi connectivity index (χ0n) is 11.5. The number of amides is 1. The predicted octanol–water partition coefficient (Wildman–Crippen LogP) is 2.37. The van der Waals surface area contributed by atoms with E-state index in [1.54, 1.807) is 6.07 Å². The van der Waals surface area contributed by atoms with Crippen molar-refractivity contribution in [3.8, 4) is 11.8 Å². The molecule has 0 bridgehead atoms. The number of carbonyl (C=O) groups excluding carboxylic acids is 1. The molecule has 0 radical (unpaired) electrons. The monoisotopic (exact) mass is 262 g/mol. The number of rotatable bonds is 3. The van der Waals surface area contributed by atoms with E-state index in [9.17, 15) is 9.18 Å². The number of anilines is 1. The van der Waals surface area contributed by atoms with E-state index in [1.165, 1.54) is 12.1 Å². The summed E-state index contributed by atoms with van der Waals surface area (Å²) in [7, 11) is 0. The maximum absolute atomic E-state index is 13.8. The number of halogens is 1. The molecule has 0 aliphatic heterocycles. The first kappa shape index (κ1) is 15.2. The molecule has 19 heavy (non-hydrogen) atoms. The van der Waals surface area contributed by atoms with Crippen LogP contribution < -0.4 is 11.1 Å². The quantitative estimate of drug-likeness (QED) is 0.822. The molecule has 1 rings (SSSR count). The van der Waals surface area contributed by atoms with E-state index < -0.39 is 5.82 Å². The van der Waals surface area contributed by atoms with Gasteiger partial charge in [-0.1, -0.05) is 32.6 Å². The molecule has 1 aromatic rings. The fourth-order valence-corrected chi connectivity index (χ4v) is 1.40. The van der Waals surface area contributed by atoms with E-state index in [4.69, 9.17) is 5.73 Å². The van der Waals surface area contributed by atoms with E-state index in [0.29, 0.717) is 5.56 Å². The van der Waals surface area contributed by atoms with Gasteiger partial charge >= 0.3 is 0 Å². The topological polar surface area (TPSA) is 55.1 Å². The second-order valence-corrected chi connectivity index (χ2v) is 4.72. The molecule has 0 saturated carbocycles. The molecule has 1 aromatic carbocycles. The van der Waals surface area contributed by atoms with Crippen LogP contribution in [0.2, 0.25) is 0 Å². The molecule has 4 heteroatoms. The summed E-state index contributed by atoms with van der Waals surface area (Å²) >= 11 is 0. The van der Waals surface area contributed by atoms with Crippen LogP contribution in [0.3, 0.4) is 0 Å². The number of nitrogens with two attached hydrogens (primary N) is 1. The van der Waals surface area contributed by atoms with Gasteiger partial charge in [-0.25, -0.2) is 4.39 Å². The third kappa shape index (κ3) is 4.38. The normalized spacial score (nSPS) is 11.7. The standard InChI is InChI=1S/C15H19FN2O/c1-10(2)11(3)15(19)18-14-7-6-12(5-4-8-17)9-13(14)16/h6-7,9-11H,8,17H2,1-3H3,(H,18,19). The Morgan fingerprint density at radius 3 is 2.63 bits per heavy atom. The summed E-state index contributed by atoms with van der Waals surface area (Å²) in [4.78, 5) is 11.8. The summed E-state index contributed by atoms with van der Waals surface area (Å²) in [5, 5.41) is 2.59. The van der Waals surface area contributed by atoms with E-state index >= 15 is 0 Å². The van der Waals surface area contributed by atoms with Crippen LogP contribution in [-0.4, -0.2) is 12.5 Å². The van der Waals surface area contributed by atoms with Crippen molar-refractivity contribution in [3.05, 3.63) is 29.6 Å². The molecule has 0 aliphatic carbocycles. The lowest BCUT2D eigenvalue weighted by Gasteiger charge is -2.15. The van der Waals surface area contributed by atoms with Crippen LogP contribution in [-0.2, 0) is 4.79 Å². The Kier molecular flexibility index (Phi) is 5.53.